The van der Waals surface area contributed by atoms with Gasteiger partial charge in [-0.25, -0.2) is 4.98 Å². The van der Waals surface area contributed by atoms with Crippen molar-refractivity contribution in [2.45, 2.75) is 24.3 Å². The maximum atomic E-state index is 5.74. The zero-order chi connectivity index (χ0) is 17.8. The monoisotopic (exact) mass is 362 g/mol. The summed E-state index contributed by atoms with van der Waals surface area (Å²) in [5.41, 5.74) is 4.33. The number of imidazole rings is 1. The quantitative estimate of drug-likeness (QED) is 0.506. The maximum Gasteiger partial charge on any atom is 0.247 e. The van der Waals surface area contributed by atoms with E-state index < -0.39 is 0 Å². The molecule has 0 bridgehead atoms. The van der Waals surface area contributed by atoms with E-state index in [-0.39, 0.29) is 0 Å². The molecule has 2 heterocycles. The molecule has 0 saturated heterocycles. The molecule has 0 amide bonds. The van der Waals surface area contributed by atoms with Crippen LogP contribution in [0.1, 0.15) is 22.8 Å². The SMILES string of the molecule is Cc1[nH]c(SCc2nnc(-c3ccccc3)o2)nc1Cc1ccccc1. The Labute approximate surface area is 155 Å². The van der Waals surface area contributed by atoms with Crippen LogP contribution < -0.4 is 0 Å². The van der Waals surface area contributed by atoms with Crippen LogP contribution in [-0.2, 0) is 12.2 Å². The molecule has 0 unspecified atom stereocenters. The Morgan fingerprint density at radius 2 is 1.69 bits per heavy atom. The summed E-state index contributed by atoms with van der Waals surface area (Å²) in [6, 6.07) is 20.1. The van der Waals surface area contributed by atoms with Gasteiger partial charge in [-0.1, -0.05) is 60.3 Å². The summed E-state index contributed by atoms with van der Waals surface area (Å²) in [6.07, 6.45) is 0.822. The molecule has 0 aliphatic carbocycles. The number of hydrogen-bond donors (Lipinski definition) is 1. The van der Waals surface area contributed by atoms with Gasteiger partial charge < -0.3 is 9.40 Å². The van der Waals surface area contributed by atoms with Crippen LogP contribution in [-0.4, -0.2) is 20.2 Å². The van der Waals surface area contributed by atoms with Gasteiger partial charge in [0.25, 0.3) is 0 Å². The lowest BCUT2D eigenvalue weighted by atomic mass is 10.1. The molecule has 0 radical (unpaired) electrons. The number of rotatable bonds is 6. The van der Waals surface area contributed by atoms with E-state index in [2.05, 4.69) is 34.2 Å². The van der Waals surface area contributed by atoms with E-state index in [1.807, 2.05) is 48.5 Å². The van der Waals surface area contributed by atoms with Gasteiger partial charge in [0.15, 0.2) is 5.16 Å². The predicted molar refractivity (Wildman–Crippen MR) is 102 cm³/mol. The van der Waals surface area contributed by atoms with Gasteiger partial charge in [0.1, 0.15) is 0 Å². The molecule has 0 aliphatic heterocycles. The second kappa shape index (κ2) is 7.58. The van der Waals surface area contributed by atoms with E-state index in [1.165, 1.54) is 5.56 Å². The predicted octanol–water partition coefficient (Wildman–Crippen LogP) is 4.65. The van der Waals surface area contributed by atoms with E-state index in [0.29, 0.717) is 17.5 Å². The highest BCUT2D eigenvalue weighted by Crippen LogP contribution is 2.24. The van der Waals surface area contributed by atoms with Gasteiger partial charge >= 0.3 is 0 Å². The van der Waals surface area contributed by atoms with Gasteiger partial charge in [-0.15, -0.1) is 10.2 Å². The van der Waals surface area contributed by atoms with Crippen molar-refractivity contribution in [1.82, 2.24) is 20.2 Å². The molecule has 5 nitrogen and oxygen atoms in total. The van der Waals surface area contributed by atoms with E-state index in [4.69, 9.17) is 9.40 Å². The molecular weight excluding hydrogens is 344 g/mol. The Kier molecular flexibility index (Phi) is 4.84. The van der Waals surface area contributed by atoms with Crippen LogP contribution in [0, 0.1) is 6.92 Å². The Balaban J connectivity index is 1.41. The number of H-pyrrole nitrogens is 1. The van der Waals surface area contributed by atoms with Crippen LogP contribution in [0.3, 0.4) is 0 Å². The lowest BCUT2D eigenvalue weighted by Crippen LogP contribution is -1.90. The average Bonchev–Trinajstić information content (AvgIpc) is 3.29. The molecule has 2 aromatic carbocycles. The number of nitrogens with zero attached hydrogens (tertiary/aromatic N) is 3. The molecule has 4 rings (SSSR count). The normalized spacial score (nSPS) is 11.0. The van der Waals surface area contributed by atoms with E-state index in [0.717, 1.165) is 28.5 Å². The Morgan fingerprint density at radius 3 is 2.46 bits per heavy atom. The minimum Gasteiger partial charge on any atom is -0.420 e. The van der Waals surface area contributed by atoms with Gasteiger partial charge in [-0.2, -0.15) is 0 Å². The zero-order valence-corrected chi connectivity index (χ0v) is 15.2. The molecule has 0 spiro atoms. The Hall–Kier alpha value is -2.86. The highest BCUT2D eigenvalue weighted by atomic mass is 32.2. The second-order valence-electron chi connectivity index (χ2n) is 5.93. The topological polar surface area (TPSA) is 67.6 Å². The maximum absolute atomic E-state index is 5.74. The molecule has 0 saturated carbocycles. The number of hydrogen-bond acceptors (Lipinski definition) is 5. The fourth-order valence-corrected chi connectivity index (χ4v) is 3.41. The Morgan fingerprint density at radius 1 is 0.962 bits per heavy atom. The van der Waals surface area contributed by atoms with Gasteiger partial charge in [0.05, 0.1) is 11.4 Å². The summed E-state index contributed by atoms with van der Waals surface area (Å²) >= 11 is 1.56. The summed E-state index contributed by atoms with van der Waals surface area (Å²) in [5, 5.41) is 9.11. The van der Waals surface area contributed by atoms with E-state index in [9.17, 15) is 0 Å². The lowest BCUT2D eigenvalue weighted by molar-refractivity contribution is 0.528. The van der Waals surface area contributed by atoms with Gasteiger partial charge in [0.2, 0.25) is 11.8 Å². The van der Waals surface area contributed by atoms with Crippen LogP contribution >= 0.6 is 11.8 Å². The first-order valence-corrected chi connectivity index (χ1v) is 9.36. The molecule has 0 atom stereocenters. The van der Waals surface area contributed by atoms with Crippen LogP contribution in [0.25, 0.3) is 11.5 Å². The third kappa shape index (κ3) is 3.86. The van der Waals surface area contributed by atoms with Crippen molar-refractivity contribution < 1.29 is 4.42 Å². The largest absolute Gasteiger partial charge is 0.420 e. The van der Waals surface area contributed by atoms with Crippen molar-refractivity contribution in [1.29, 1.82) is 0 Å². The molecule has 26 heavy (non-hydrogen) atoms. The second-order valence-corrected chi connectivity index (χ2v) is 6.90. The van der Waals surface area contributed by atoms with Gasteiger partial charge in [0, 0.05) is 17.7 Å². The first kappa shape index (κ1) is 16.6. The molecule has 6 heteroatoms. The third-order valence-corrected chi connectivity index (χ3v) is 4.86. The lowest BCUT2D eigenvalue weighted by Gasteiger charge is -1.98. The summed E-state index contributed by atoms with van der Waals surface area (Å²) in [4.78, 5) is 8.04. The van der Waals surface area contributed by atoms with Crippen LogP contribution in [0.15, 0.2) is 70.2 Å². The van der Waals surface area contributed by atoms with Gasteiger partial charge in [-0.05, 0) is 24.6 Å². The summed E-state index contributed by atoms with van der Waals surface area (Å²) in [5.74, 6) is 1.71. The number of aromatic amines is 1. The van der Waals surface area contributed by atoms with Crippen molar-refractivity contribution in [3.8, 4) is 11.5 Å². The van der Waals surface area contributed by atoms with Crippen molar-refractivity contribution in [2.24, 2.45) is 0 Å². The smallest absolute Gasteiger partial charge is 0.247 e. The van der Waals surface area contributed by atoms with Crippen molar-refractivity contribution in [3.05, 3.63) is 83.5 Å². The molecule has 0 aliphatic rings. The van der Waals surface area contributed by atoms with E-state index in [1.54, 1.807) is 11.8 Å². The molecule has 4 aromatic rings. The van der Waals surface area contributed by atoms with E-state index >= 15 is 0 Å². The van der Waals surface area contributed by atoms with Gasteiger partial charge in [-0.3, -0.25) is 0 Å². The number of aromatic nitrogens is 4. The first-order valence-electron chi connectivity index (χ1n) is 8.38. The van der Waals surface area contributed by atoms with Crippen LogP contribution in [0.5, 0.6) is 0 Å². The summed E-state index contributed by atoms with van der Waals surface area (Å²) in [7, 11) is 0. The van der Waals surface area contributed by atoms with Crippen molar-refractivity contribution in [2.75, 3.05) is 0 Å². The zero-order valence-electron chi connectivity index (χ0n) is 14.3. The van der Waals surface area contributed by atoms with Crippen LogP contribution in [0.2, 0.25) is 0 Å². The highest BCUT2D eigenvalue weighted by molar-refractivity contribution is 7.98. The first-order chi connectivity index (χ1) is 12.8. The van der Waals surface area contributed by atoms with Crippen molar-refractivity contribution >= 4 is 11.8 Å². The number of nitrogens with one attached hydrogen (secondary N) is 1. The molecule has 1 N–H and O–H groups in total. The van der Waals surface area contributed by atoms with Crippen molar-refractivity contribution in [3.63, 3.8) is 0 Å². The summed E-state index contributed by atoms with van der Waals surface area (Å²) in [6.45, 7) is 2.05. The number of thioether (sulfide) groups is 1. The fourth-order valence-electron chi connectivity index (χ4n) is 2.64. The molecule has 130 valence electrons. The van der Waals surface area contributed by atoms with Crippen LogP contribution in [0.4, 0.5) is 0 Å². The average molecular weight is 362 g/mol. The molecular formula is C20H18N4OS. The number of aryl methyl sites for hydroxylation is 1. The molecule has 0 fully saturated rings. The Bertz CT molecular complexity index is 979. The number of benzene rings is 2. The third-order valence-electron chi connectivity index (χ3n) is 4.00. The minimum absolute atomic E-state index is 0.543. The highest BCUT2D eigenvalue weighted by Gasteiger charge is 2.12. The molecule has 2 aromatic heterocycles. The summed E-state index contributed by atoms with van der Waals surface area (Å²) < 4.78 is 5.74. The minimum atomic E-state index is 0.543. The fraction of sp³-hybridized carbons (Fsp3) is 0.150. The standard InChI is InChI=1S/C20H18N4OS/c1-14-17(12-15-8-4-2-5-9-15)22-20(21-14)26-13-18-23-24-19(25-18)16-10-6-3-7-11-16/h2-11H,12-13H2,1H3,(H,21,22).